The van der Waals surface area contributed by atoms with Crippen LogP contribution in [0.25, 0.3) is 10.9 Å². The van der Waals surface area contributed by atoms with Gasteiger partial charge in [-0.2, -0.15) is 0 Å². The van der Waals surface area contributed by atoms with Crippen LogP contribution in [0.1, 0.15) is 25.8 Å². The summed E-state index contributed by atoms with van der Waals surface area (Å²) in [5.41, 5.74) is 2.30. The lowest BCUT2D eigenvalue weighted by Crippen LogP contribution is -2.38. The van der Waals surface area contributed by atoms with Crippen molar-refractivity contribution in [3.63, 3.8) is 0 Å². The summed E-state index contributed by atoms with van der Waals surface area (Å²) >= 11 is 0. The van der Waals surface area contributed by atoms with Crippen LogP contribution in [0.15, 0.2) is 30.5 Å². The van der Waals surface area contributed by atoms with E-state index in [1.165, 1.54) is 18.1 Å². The fourth-order valence-electron chi connectivity index (χ4n) is 2.41. The normalized spacial score (nSPS) is 12.8. The number of benzene rings is 1. The number of carbonyl (C=O) groups excluding carboxylic acids is 1. The van der Waals surface area contributed by atoms with Gasteiger partial charge in [-0.15, -0.1) is 0 Å². The summed E-state index contributed by atoms with van der Waals surface area (Å²) in [6.45, 7) is 4.86. The minimum absolute atomic E-state index is 0.194. The number of hydrogen-bond donors (Lipinski definition) is 2. The zero-order valence-electron chi connectivity index (χ0n) is 12.3. The first-order chi connectivity index (χ1) is 9.61. The topological polar surface area (TPSA) is 54.1 Å². The molecular formula is C16H22N2O2. The van der Waals surface area contributed by atoms with Crippen LogP contribution in [0, 0.1) is 5.92 Å². The SMILES string of the molecule is COC(=O)C(CC(C)C)NCc1cccc2[nH]ccc12. The molecule has 2 rings (SSSR count). The van der Waals surface area contributed by atoms with Gasteiger partial charge < -0.3 is 15.0 Å². The van der Waals surface area contributed by atoms with E-state index in [4.69, 9.17) is 4.74 Å². The Kier molecular flexibility index (Phi) is 4.79. The predicted molar refractivity (Wildman–Crippen MR) is 80.4 cm³/mol. The van der Waals surface area contributed by atoms with E-state index < -0.39 is 0 Å². The second-order valence-electron chi connectivity index (χ2n) is 5.44. The number of aromatic amines is 1. The quantitative estimate of drug-likeness (QED) is 0.796. The number of fused-ring (bicyclic) bond motifs is 1. The van der Waals surface area contributed by atoms with Gasteiger partial charge in [0.15, 0.2) is 0 Å². The highest BCUT2D eigenvalue weighted by Crippen LogP contribution is 2.17. The van der Waals surface area contributed by atoms with E-state index in [2.05, 4.69) is 36.3 Å². The second-order valence-corrected chi connectivity index (χ2v) is 5.44. The van der Waals surface area contributed by atoms with Crippen molar-refractivity contribution in [1.29, 1.82) is 0 Å². The van der Waals surface area contributed by atoms with Gasteiger partial charge in [-0.25, -0.2) is 0 Å². The molecule has 20 heavy (non-hydrogen) atoms. The smallest absolute Gasteiger partial charge is 0.322 e. The Balaban J connectivity index is 2.08. The number of aromatic nitrogens is 1. The van der Waals surface area contributed by atoms with E-state index in [-0.39, 0.29) is 12.0 Å². The average molecular weight is 274 g/mol. The largest absolute Gasteiger partial charge is 0.468 e. The predicted octanol–water partition coefficient (Wildman–Crippen LogP) is 2.85. The minimum atomic E-state index is -0.255. The number of hydrogen-bond acceptors (Lipinski definition) is 3. The third kappa shape index (κ3) is 3.39. The Morgan fingerprint density at radius 2 is 2.15 bits per heavy atom. The minimum Gasteiger partial charge on any atom is -0.468 e. The van der Waals surface area contributed by atoms with Crippen molar-refractivity contribution in [1.82, 2.24) is 10.3 Å². The number of rotatable bonds is 6. The molecule has 2 aromatic rings. The first-order valence-electron chi connectivity index (χ1n) is 6.98. The molecule has 0 bridgehead atoms. The lowest BCUT2D eigenvalue weighted by molar-refractivity contribution is -0.143. The molecule has 0 aliphatic rings. The Labute approximate surface area is 119 Å². The van der Waals surface area contributed by atoms with Crippen LogP contribution in [0.5, 0.6) is 0 Å². The summed E-state index contributed by atoms with van der Waals surface area (Å²) in [6, 6.07) is 7.94. The highest BCUT2D eigenvalue weighted by molar-refractivity contribution is 5.83. The molecule has 4 heteroatoms. The molecule has 108 valence electrons. The van der Waals surface area contributed by atoms with Crippen molar-refractivity contribution in [2.75, 3.05) is 7.11 Å². The molecule has 0 radical (unpaired) electrons. The van der Waals surface area contributed by atoms with Crippen molar-refractivity contribution in [2.45, 2.75) is 32.9 Å². The molecular weight excluding hydrogens is 252 g/mol. The summed E-state index contributed by atoms with van der Waals surface area (Å²) in [4.78, 5) is 15.0. The fraction of sp³-hybridized carbons (Fsp3) is 0.438. The standard InChI is InChI=1S/C16H22N2O2/c1-11(2)9-15(16(19)20-3)18-10-12-5-4-6-14-13(12)7-8-17-14/h4-8,11,15,17-18H,9-10H2,1-3H3. The molecule has 0 aliphatic heterocycles. The fourth-order valence-corrected chi connectivity index (χ4v) is 2.41. The third-order valence-corrected chi connectivity index (χ3v) is 3.42. The summed E-state index contributed by atoms with van der Waals surface area (Å²) in [7, 11) is 1.43. The van der Waals surface area contributed by atoms with Crippen LogP contribution >= 0.6 is 0 Å². The van der Waals surface area contributed by atoms with Crippen molar-refractivity contribution in [3.8, 4) is 0 Å². The summed E-state index contributed by atoms with van der Waals surface area (Å²) in [5, 5.41) is 4.50. The van der Waals surface area contributed by atoms with Gasteiger partial charge >= 0.3 is 5.97 Å². The number of methoxy groups -OCH3 is 1. The Morgan fingerprint density at radius 1 is 1.35 bits per heavy atom. The lowest BCUT2D eigenvalue weighted by atomic mass is 10.0. The first-order valence-corrected chi connectivity index (χ1v) is 6.98. The maximum atomic E-state index is 11.8. The Bertz CT molecular complexity index is 575. The number of ether oxygens (including phenoxy) is 1. The Hall–Kier alpha value is -1.81. The van der Waals surface area contributed by atoms with E-state index in [0.717, 1.165) is 11.9 Å². The number of nitrogens with one attached hydrogen (secondary N) is 2. The van der Waals surface area contributed by atoms with E-state index >= 15 is 0 Å². The molecule has 2 N–H and O–H groups in total. The van der Waals surface area contributed by atoms with Crippen LogP contribution in [-0.2, 0) is 16.1 Å². The van der Waals surface area contributed by atoms with Crippen molar-refractivity contribution in [2.24, 2.45) is 5.92 Å². The van der Waals surface area contributed by atoms with Gasteiger partial charge in [-0.05, 0) is 30.0 Å². The molecule has 0 fully saturated rings. The van der Waals surface area contributed by atoms with Gasteiger partial charge in [0.05, 0.1) is 7.11 Å². The zero-order chi connectivity index (χ0) is 14.5. The molecule has 1 aromatic carbocycles. The molecule has 1 unspecified atom stereocenters. The molecule has 1 atom stereocenters. The number of esters is 1. The zero-order valence-corrected chi connectivity index (χ0v) is 12.3. The summed E-state index contributed by atoms with van der Waals surface area (Å²) < 4.78 is 4.87. The van der Waals surface area contributed by atoms with Gasteiger partial charge in [-0.3, -0.25) is 4.79 Å². The average Bonchev–Trinajstić information content (AvgIpc) is 2.91. The summed E-state index contributed by atoms with van der Waals surface area (Å²) in [5.74, 6) is 0.245. The molecule has 0 saturated carbocycles. The Morgan fingerprint density at radius 3 is 2.85 bits per heavy atom. The van der Waals surface area contributed by atoms with E-state index in [0.29, 0.717) is 12.5 Å². The van der Waals surface area contributed by atoms with Crippen LogP contribution in [-0.4, -0.2) is 24.1 Å². The maximum absolute atomic E-state index is 11.8. The molecule has 1 aromatic heterocycles. The van der Waals surface area contributed by atoms with E-state index in [1.807, 2.05) is 18.3 Å². The summed E-state index contributed by atoms with van der Waals surface area (Å²) in [6.07, 6.45) is 2.70. The van der Waals surface area contributed by atoms with Gasteiger partial charge in [-0.1, -0.05) is 26.0 Å². The van der Waals surface area contributed by atoms with Gasteiger partial charge in [0, 0.05) is 23.6 Å². The highest BCUT2D eigenvalue weighted by Gasteiger charge is 2.19. The van der Waals surface area contributed by atoms with Crippen LogP contribution < -0.4 is 5.32 Å². The van der Waals surface area contributed by atoms with E-state index in [9.17, 15) is 4.79 Å². The van der Waals surface area contributed by atoms with Crippen molar-refractivity contribution < 1.29 is 9.53 Å². The molecule has 0 saturated heterocycles. The molecule has 4 nitrogen and oxygen atoms in total. The van der Waals surface area contributed by atoms with Crippen LogP contribution in [0.3, 0.4) is 0 Å². The van der Waals surface area contributed by atoms with Crippen molar-refractivity contribution >= 4 is 16.9 Å². The van der Waals surface area contributed by atoms with Crippen LogP contribution in [0.2, 0.25) is 0 Å². The molecule has 1 heterocycles. The molecule has 0 spiro atoms. The first kappa shape index (κ1) is 14.6. The lowest BCUT2D eigenvalue weighted by Gasteiger charge is -2.18. The monoisotopic (exact) mass is 274 g/mol. The number of carbonyl (C=O) groups is 1. The van der Waals surface area contributed by atoms with E-state index in [1.54, 1.807) is 0 Å². The van der Waals surface area contributed by atoms with Gasteiger partial charge in [0.2, 0.25) is 0 Å². The second kappa shape index (κ2) is 6.57. The van der Waals surface area contributed by atoms with Crippen LogP contribution in [0.4, 0.5) is 0 Å². The maximum Gasteiger partial charge on any atom is 0.322 e. The third-order valence-electron chi connectivity index (χ3n) is 3.42. The number of H-pyrrole nitrogens is 1. The molecule has 0 aliphatic carbocycles. The van der Waals surface area contributed by atoms with Gasteiger partial charge in [0.25, 0.3) is 0 Å². The van der Waals surface area contributed by atoms with Gasteiger partial charge in [0.1, 0.15) is 6.04 Å². The van der Waals surface area contributed by atoms with Crippen molar-refractivity contribution in [3.05, 3.63) is 36.0 Å². The highest BCUT2D eigenvalue weighted by atomic mass is 16.5. The molecule has 0 amide bonds.